The predicted molar refractivity (Wildman–Crippen MR) is 120 cm³/mol. The lowest BCUT2D eigenvalue weighted by molar-refractivity contribution is -0.126. The molecule has 3 amide bonds. The van der Waals surface area contributed by atoms with Crippen molar-refractivity contribution in [3.8, 4) is 18.4 Å². The molecule has 4 atom stereocenters. The van der Waals surface area contributed by atoms with Crippen LogP contribution < -0.4 is 16.0 Å². The highest BCUT2D eigenvalue weighted by molar-refractivity contribution is 5.86. The van der Waals surface area contributed by atoms with Gasteiger partial charge in [0, 0.05) is 18.0 Å². The summed E-state index contributed by atoms with van der Waals surface area (Å²) in [6.07, 6.45) is 4.10. The van der Waals surface area contributed by atoms with Crippen molar-refractivity contribution in [2.45, 2.75) is 57.9 Å². The van der Waals surface area contributed by atoms with E-state index in [4.69, 9.17) is 16.4 Å². The molecule has 9 heteroatoms. The normalized spacial score (nSPS) is 17.8. The van der Waals surface area contributed by atoms with Crippen LogP contribution >= 0.6 is 0 Å². The molecule has 1 heterocycles. The Morgan fingerprint density at radius 1 is 1.36 bits per heavy atom. The Bertz CT molecular complexity index is 934. The topological polar surface area (TPSA) is 141 Å². The van der Waals surface area contributed by atoms with E-state index in [0.717, 1.165) is 0 Å². The summed E-state index contributed by atoms with van der Waals surface area (Å²) in [5, 5.41) is 27.1. The standard InChI is InChI=1S/C24H30N4O5/c1-4-16-6-5-7-17(11-16)14-33-24(32)28-20(10-15(2)3)23(31)27-19(21(29)13-25)12-18-8-9-26-22(18)30/h1,5-7,11,15,18-21,29H,8-10,12,14H2,2-3H3,(H,26,30)(H,27,31)(H,28,32)/t18-,19-,20-,21?/m0/s1. The molecule has 1 aromatic rings. The summed E-state index contributed by atoms with van der Waals surface area (Å²) in [7, 11) is 0. The number of carbonyl (C=O) groups is 3. The lowest BCUT2D eigenvalue weighted by Crippen LogP contribution is -2.53. The minimum atomic E-state index is -1.49. The number of terminal acetylenes is 1. The zero-order valence-corrected chi connectivity index (χ0v) is 18.8. The van der Waals surface area contributed by atoms with E-state index in [-0.39, 0.29) is 24.9 Å². The number of aliphatic hydroxyl groups is 1. The molecule has 0 aliphatic carbocycles. The number of carbonyl (C=O) groups excluding carboxylic acids is 3. The summed E-state index contributed by atoms with van der Waals surface area (Å²) in [4.78, 5) is 37.2. The van der Waals surface area contributed by atoms with Crippen LogP contribution in [0.4, 0.5) is 4.79 Å². The van der Waals surface area contributed by atoms with Crippen molar-refractivity contribution in [1.29, 1.82) is 5.26 Å². The number of alkyl carbamates (subject to hydrolysis) is 1. The second kappa shape index (κ2) is 12.5. The predicted octanol–water partition coefficient (Wildman–Crippen LogP) is 1.20. The largest absolute Gasteiger partial charge is 0.445 e. The van der Waals surface area contributed by atoms with Crippen LogP contribution in [0, 0.1) is 35.5 Å². The van der Waals surface area contributed by atoms with Crippen molar-refractivity contribution in [2.24, 2.45) is 11.8 Å². The maximum Gasteiger partial charge on any atom is 0.408 e. The number of hydrogen-bond donors (Lipinski definition) is 4. The van der Waals surface area contributed by atoms with Gasteiger partial charge in [0.05, 0.1) is 12.1 Å². The molecular formula is C24H30N4O5. The van der Waals surface area contributed by atoms with Crippen LogP contribution in [0.1, 0.15) is 44.2 Å². The van der Waals surface area contributed by atoms with Crippen molar-refractivity contribution < 1.29 is 24.2 Å². The van der Waals surface area contributed by atoms with Gasteiger partial charge in [0.1, 0.15) is 12.6 Å². The van der Waals surface area contributed by atoms with Gasteiger partial charge < -0.3 is 25.8 Å². The van der Waals surface area contributed by atoms with Crippen LogP contribution in [-0.4, -0.2) is 47.7 Å². The number of aliphatic hydroxyl groups excluding tert-OH is 1. The first-order valence-corrected chi connectivity index (χ1v) is 10.9. The fraction of sp³-hybridized carbons (Fsp3) is 0.500. The van der Waals surface area contributed by atoms with Crippen LogP contribution in [-0.2, 0) is 20.9 Å². The molecule has 1 unspecified atom stereocenters. The van der Waals surface area contributed by atoms with E-state index in [1.54, 1.807) is 30.3 Å². The number of nitrogens with one attached hydrogen (secondary N) is 3. The molecule has 1 fully saturated rings. The van der Waals surface area contributed by atoms with Crippen molar-refractivity contribution in [3.63, 3.8) is 0 Å². The minimum absolute atomic E-state index is 0.0239. The Morgan fingerprint density at radius 3 is 2.73 bits per heavy atom. The number of amides is 3. The molecule has 33 heavy (non-hydrogen) atoms. The van der Waals surface area contributed by atoms with E-state index >= 15 is 0 Å². The maximum atomic E-state index is 12.9. The van der Waals surface area contributed by atoms with E-state index in [0.29, 0.717) is 30.5 Å². The molecule has 9 nitrogen and oxygen atoms in total. The second-order valence-corrected chi connectivity index (χ2v) is 8.45. The summed E-state index contributed by atoms with van der Waals surface area (Å²) < 4.78 is 5.23. The van der Waals surface area contributed by atoms with Gasteiger partial charge in [-0.3, -0.25) is 9.59 Å². The van der Waals surface area contributed by atoms with E-state index < -0.39 is 36.1 Å². The van der Waals surface area contributed by atoms with Crippen LogP contribution in [0.25, 0.3) is 0 Å². The Kier molecular flexibility index (Phi) is 9.71. The Balaban J connectivity index is 2.01. The van der Waals surface area contributed by atoms with Crippen LogP contribution in [0.2, 0.25) is 0 Å². The molecule has 4 N–H and O–H groups in total. The average molecular weight is 455 g/mol. The molecule has 1 aromatic carbocycles. The summed E-state index contributed by atoms with van der Waals surface area (Å²) in [6, 6.07) is 6.82. The molecule has 1 aliphatic heterocycles. The molecule has 1 saturated heterocycles. The summed E-state index contributed by atoms with van der Waals surface area (Å²) in [5.41, 5.74) is 1.36. The van der Waals surface area contributed by atoms with Gasteiger partial charge in [0.2, 0.25) is 11.8 Å². The van der Waals surface area contributed by atoms with E-state index in [9.17, 15) is 19.5 Å². The molecule has 0 spiro atoms. The van der Waals surface area contributed by atoms with Gasteiger partial charge in [-0.1, -0.05) is 31.9 Å². The number of rotatable bonds is 10. The second-order valence-electron chi connectivity index (χ2n) is 8.45. The van der Waals surface area contributed by atoms with Gasteiger partial charge in [0.25, 0.3) is 0 Å². The molecule has 0 radical (unpaired) electrons. The molecule has 2 rings (SSSR count). The zero-order valence-electron chi connectivity index (χ0n) is 18.8. The molecule has 0 saturated carbocycles. The van der Waals surface area contributed by atoms with E-state index in [1.165, 1.54) is 0 Å². The number of ether oxygens (including phenoxy) is 1. The third-order valence-electron chi connectivity index (χ3n) is 5.32. The molecule has 0 aromatic heterocycles. The fourth-order valence-corrected chi connectivity index (χ4v) is 3.60. The number of benzene rings is 1. The van der Waals surface area contributed by atoms with Gasteiger partial charge in [-0.15, -0.1) is 6.42 Å². The lowest BCUT2D eigenvalue weighted by atomic mass is 9.94. The van der Waals surface area contributed by atoms with Gasteiger partial charge in [-0.05, 0) is 42.9 Å². The highest BCUT2D eigenvalue weighted by atomic mass is 16.5. The van der Waals surface area contributed by atoms with Gasteiger partial charge in [0.15, 0.2) is 6.10 Å². The Labute approximate surface area is 193 Å². The van der Waals surface area contributed by atoms with Crippen molar-refractivity contribution in [2.75, 3.05) is 6.54 Å². The van der Waals surface area contributed by atoms with Gasteiger partial charge in [-0.25, -0.2) is 4.79 Å². The highest BCUT2D eigenvalue weighted by Gasteiger charge is 2.33. The van der Waals surface area contributed by atoms with Crippen LogP contribution in [0.5, 0.6) is 0 Å². The van der Waals surface area contributed by atoms with Crippen LogP contribution in [0.3, 0.4) is 0 Å². The number of nitrogens with zero attached hydrogens (tertiary/aromatic N) is 1. The molecule has 176 valence electrons. The number of hydrogen-bond acceptors (Lipinski definition) is 6. The third-order valence-corrected chi connectivity index (χ3v) is 5.32. The SMILES string of the molecule is C#Cc1cccc(COC(=O)N[C@@H](CC(C)C)C(=O)N[C@@H](C[C@@H]2CCNC2=O)C(O)C#N)c1. The molecule has 1 aliphatic rings. The van der Waals surface area contributed by atoms with E-state index in [1.807, 2.05) is 13.8 Å². The zero-order chi connectivity index (χ0) is 24.4. The maximum absolute atomic E-state index is 12.9. The highest BCUT2D eigenvalue weighted by Crippen LogP contribution is 2.18. The van der Waals surface area contributed by atoms with Crippen molar-refractivity contribution >= 4 is 17.9 Å². The first-order chi connectivity index (χ1) is 15.7. The van der Waals surface area contributed by atoms with E-state index in [2.05, 4.69) is 21.9 Å². The third kappa shape index (κ3) is 8.13. The summed E-state index contributed by atoms with van der Waals surface area (Å²) in [5.74, 6) is 1.43. The summed E-state index contributed by atoms with van der Waals surface area (Å²) in [6.45, 7) is 4.27. The van der Waals surface area contributed by atoms with Crippen molar-refractivity contribution in [3.05, 3.63) is 35.4 Å². The van der Waals surface area contributed by atoms with Crippen LogP contribution in [0.15, 0.2) is 24.3 Å². The van der Waals surface area contributed by atoms with Gasteiger partial charge >= 0.3 is 6.09 Å². The number of nitriles is 1. The minimum Gasteiger partial charge on any atom is -0.445 e. The quantitative estimate of drug-likeness (QED) is 0.309. The smallest absolute Gasteiger partial charge is 0.408 e. The van der Waals surface area contributed by atoms with Crippen molar-refractivity contribution in [1.82, 2.24) is 16.0 Å². The fourth-order valence-electron chi connectivity index (χ4n) is 3.60. The van der Waals surface area contributed by atoms with Gasteiger partial charge in [-0.2, -0.15) is 5.26 Å². The Hall–Kier alpha value is -3.56. The monoisotopic (exact) mass is 454 g/mol. The molecule has 0 bridgehead atoms. The average Bonchev–Trinajstić information content (AvgIpc) is 3.20. The summed E-state index contributed by atoms with van der Waals surface area (Å²) >= 11 is 0. The molecular weight excluding hydrogens is 424 g/mol. The Morgan fingerprint density at radius 2 is 2.12 bits per heavy atom. The lowest BCUT2D eigenvalue weighted by Gasteiger charge is -2.26. The first-order valence-electron chi connectivity index (χ1n) is 10.9. The first kappa shape index (κ1) is 25.7.